The van der Waals surface area contributed by atoms with Gasteiger partial charge in [-0.25, -0.2) is 4.98 Å². The quantitative estimate of drug-likeness (QED) is 0.874. The molecule has 1 saturated carbocycles. The van der Waals surface area contributed by atoms with Crippen LogP contribution in [0.5, 0.6) is 0 Å². The lowest BCUT2D eigenvalue weighted by molar-refractivity contribution is -0.117. The molecule has 0 bridgehead atoms. The topological polar surface area (TPSA) is 79.3 Å². The number of hydrogen-bond donors (Lipinski definition) is 2. The molecule has 26 heavy (non-hydrogen) atoms. The summed E-state index contributed by atoms with van der Waals surface area (Å²) in [4.78, 5) is 31.4. The van der Waals surface area contributed by atoms with Crippen molar-refractivity contribution in [3.63, 3.8) is 0 Å². The summed E-state index contributed by atoms with van der Waals surface area (Å²) in [5.74, 6) is 1.00. The molecule has 4 rings (SSSR count). The van der Waals surface area contributed by atoms with Crippen molar-refractivity contribution in [1.82, 2.24) is 19.8 Å². The Kier molecular flexibility index (Phi) is 4.46. The minimum absolute atomic E-state index is 0.0398. The van der Waals surface area contributed by atoms with Crippen molar-refractivity contribution in [2.45, 2.75) is 18.9 Å². The first kappa shape index (κ1) is 16.8. The Morgan fingerprint density at radius 2 is 2.15 bits per heavy atom. The standard InChI is InChI=1S/C19H23N5O2/c1-23-9-8-21-17(23)16-12-20-7-10-24(16)19(26)14-3-2-4-15(11-14)22-18(25)13-5-6-13/h2-4,8-9,11,13,16,20H,5-7,10,12H2,1H3,(H,22,25). The number of carbonyl (C=O) groups is 2. The molecule has 2 aliphatic rings. The Morgan fingerprint density at radius 3 is 2.88 bits per heavy atom. The maximum absolute atomic E-state index is 13.1. The number of amides is 2. The molecule has 136 valence electrons. The van der Waals surface area contributed by atoms with Crippen LogP contribution in [-0.4, -0.2) is 45.9 Å². The minimum Gasteiger partial charge on any atom is -0.336 e. The molecule has 1 saturated heterocycles. The number of aromatic nitrogens is 2. The van der Waals surface area contributed by atoms with Crippen LogP contribution in [0.25, 0.3) is 0 Å². The second-order valence-electron chi connectivity index (χ2n) is 6.96. The average Bonchev–Trinajstić information content (AvgIpc) is 3.43. The van der Waals surface area contributed by atoms with Gasteiger partial charge in [0, 0.05) is 56.2 Å². The molecule has 1 atom stereocenters. The zero-order valence-electron chi connectivity index (χ0n) is 14.8. The Bertz CT molecular complexity index is 827. The third-order valence-corrected chi connectivity index (χ3v) is 4.99. The second kappa shape index (κ2) is 6.92. The van der Waals surface area contributed by atoms with Crippen molar-refractivity contribution in [1.29, 1.82) is 0 Å². The third kappa shape index (κ3) is 3.35. The van der Waals surface area contributed by atoms with E-state index < -0.39 is 0 Å². The summed E-state index contributed by atoms with van der Waals surface area (Å²) in [5.41, 5.74) is 1.26. The van der Waals surface area contributed by atoms with Gasteiger partial charge >= 0.3 is 0 Å². The number of nitrogens with one attached hydrogen (secondary N) is 2. The molecule has 0 radical (unpaired) electrons. The zero-order valence-corrected chi connectivity index (χ0v) is 14.8. The van der Waals surface area contributed by atoms with Crippen LogP contribution >= 0.6 is 0 Å². The van der Waals surface area contributed by atoms with Gasteiger partial charge in [-0.2, -0.15) is 0 Å². The summed E-state index contributed by atoms with van der Waals surface area (Å²) in [7, 11) is 1.94. The van der Waals surface area contributed by atoms with Crippen LogP contribution in [0.15, 0.2) is 36.7 Å². The van der Waals surface area contributed by atoms with E-state index in [0.29, 0.717) is 24.3 Å². The fraction of sp³-hybridized carbons (Fsp3) is 0.421. The van der Waals surface area contributed by atoms with Crippen LogP contribution in [0.4, 0.5) is 5.69 Å². The number of carbonyl (C=O) groups excluding carboxylic acids is 2. The van der Waals surface area contributed by atoms with E-state index in [0.717, 1.165) is 25.2 Å². The van der Waals surface area contributed by atoms with Gasteiger partial charge in [0.15, 0.2) is 0 Å². The lowest BCUT2D eigenvalue weighted by Crippen LogP contribution is -2.49. The first-order valence-corrected chi connectivity index (χ1v) is 9.03. The monoisotopic (exact) mass is 353 g/mol. The van der Waals surface area contributed by atoms with E-state index in [9.17, 15) is 9.59 Å². The first-order valence-electron chi connectivity index (χ1n) is 9.03. The van der Waals surface area contributed by atoms with E-state index in [2.05, 4.69) is 15.6 Å². The van der Waals surface area contributed by atoms with Gasteiger partial charge in [0.25, 0.3) is 5.91 Å². The number of anilines is 1. The molecule has 1 unspecified atom stereocenters. The van der Waals surface area contributed by atoms with Crippen molar-refractivity contribution in [3.05, 3.63) is 48.0 Å². The van der Waals surface area contributed by atoms with Crippen molar-refractivity contribution in [2.75, 3.05) is 25.0 Å². The van der Waals surface area contributed by atoms with E-state index in [4.69, 9.17) is 0 Å². The number of aryl methyl sites for hydroxylation is 1. The van der Waals surface area contributed by atoms with Crippen molar-refractivity contribution >= 4 is 17.5 Å². The van der Waals surface area contributed by atoms with Crippen LogP contribution in [0.1, 0.15) is 35.1 Å². The number of hydrogen-bond acceptors (Lipinski definition) is 4. The molecular formula is C19H23N5O2. The Labute approximate surface area is 152 Å². The summed E-state index contributed by atoms with van der Waals surface area (Å²) < 4.78 is 1.95. The van der Waals surface area contributed by atoms with Gasteiger partial charge in [-0.15, -0.1) is 0 Å². The molecule has 1 aromatic heterocycles. The predicted molar refractivity (Wildman–Crippen MR) is 97.7 cm³/mol. The van der Waals surface area contributed by atoms with Gasteiger partial charge in [0.05, 0.1) is 0 Å². The number of rotatable bonds is 4. The summed E-state index contributed by atoms with van der Waals surface area (Å²) in [6.45, 7) is 2.05. The van der Waals surface area contributed by atoms with Gasteiger partial charge in [-0.1, -0.05) is 6.07 Å². The normalized spacial score (nSPS) is 20.0. The van der Waals surface area contributed by atoms with Crippen LogP contribution < -0.4 is 10.6 Å². The predicted octanol–water partition coefficient (Wildman–Crippen LogP) is 1.56. The smallest absolute Gasteiger partial charge is 0.254 e. The lowest BCUT2D eigenvalue weighted by atomic mass is 10.1. The van der Waals surface area contributed by atoms with Gasteiger partial charge in [-0.05, 0) is 31.0 Å². The number of benzene rings is 1. The van der Waals surface area contributed by atoms with Crippen LogP contribution in [-0.2, 0) is 11.8 Å². The highest BCUT2D eigenvalue weighted by Gasteiger charge is 2.32. The van der Waals surface area contributed by atoms with Crippen LogP contribution in [0, 0.1) is 5.92 Å². The second-order valence-corrected chi connectivity index (χ2v) is 6.96. The van der Waals surface area contributed by atoms with E-state index >= 15 is 0 Å². The number of imidazole rings is 1. The SMILES string of the molecule is Cn1ccnc1C1CNCCN1C(=O)c1cccc(NC(=O)C2CC2)c1. The van der Waals surface area contributed by atoms with E-state index in [1.54, 1.807) is 18.3 Å². The fourth-order valence-corrected chi connectivity index (χ4v) is 3.36. The maximum atomic E-state index is 13.1. The molecule has 2 fully saturated rings. The Balaban J connectivity index is 1.55. The van der Waals surface area contributed by atoms with Crippen LogP contribution in [0.2, 0.25) is 0 Å². The van der Waals surface area contributed by atoms with Gasteiger partial charge in [0.1, 0.15) is 11.9 Å². The van der Waals surface area contributed by atoms with Gasteiger partial charge < -0.3 is 20.1 Å². The molecule has 7 heteroatoms. The molecule has 0 spiro atoms. The zero-order chi connectivity index (χ0) is 18.1. The Hall–Kier alpha value is -2.67. The summed E-state index contributed by atoms with van der Waals surface area (Å²) in [5, 5.41) is 6.25. The van der Waals surface area contributed by atoms with Gasteiger partial charge in [-0.3, -0.25) is 9.59 Å². The largest absolute Gasteiger partial charge is 0.336 e. The molecule has 2 aromatic rings. The number of nitrogens with zero attached hydrogens (tertiary/aromatic N) is 3. The highest BCUT2D eigenvalue weighted by molar-refractivity contribution is 5.98. The summed E-state index contributed by atoms with van der Waals surface area (Å²) in [6.07, 6.45) is 5.55. The van der Waals surface area contributed by atoms with Crippen molar-refractivity contribution in [2.24, 2.45) is 13.0 Å². The molecule has 1 aliphatic carbocycles. The third-order valence-electron chi connectivity index (χ3n) is 4.99. The van der Waals surface area contributed by atoms with Crippen molar-refractivity contribution < 1.29 is 9.59 Å². The molecule has 2 N–H and O–H groups in total. The first-order chi connectivity index (χ1) is 12.6. The minimum atomic E-state index is -0.110. The van der Waals surface area contributed by atoms with E-state index in [1.807, 2.05) is 34.8 Å². The molecule has 2 amide bonds. The molecule has 1 aromatic carbocycles. The fourth-order valence-electron chi connectivity index (χ4n) is 3.36. The molecule has 7 nitrogen and oxygen atoms in total. The molecule has 1 aliphatic heterocycles. The van der Waals surface area contributed by atoms with Crippen molar-refractivity contribution in [3.8, 4) is 0 Å². The maximum Gasteiger partial charge on any atom is 0.254 e. The highest BCUT2D eigenvalue weighted by atomic mass is 16.2. The summed E-state index contributed by atoms with van der Waals surface area (Å²) >= 11 is 0. The van der Waals surface area contributed by atoms with E-state index in [-0.39, 0.29) is 23.8 Å². The summed E-state index contributed by atoms with van der Waals surface area (Å²) in [6, 6.07) is 7.09. The Morgan fingerprint density at radius 1 is 1.31 bits per heavy atom. The average molecular weight is 353 g/mol. The lowest BCUT2D eigenvalue weighted by Gasteiger charge is -2.35. The highest BCUT2D eigenvalue weighted by Crippen LogP contribution is 2.30. The number of piperazine rings is 1. The molecular weight excluding hydrogens is 330 g/mol. The van der Waals surface area contributed by atoms with Gasteiger partial charge in [0.2, 0.25) is 5.91 Å². The van der Waals surface area contributed by atoms with E-state index in [1.165, 1.54) is 0 Å². The molecule has 2 heterocycles. The van der Waals surface area contributed by atoms with Crippen LogP contribution in [0.3, 0.4) is 0 Å².